The van der Waals surface area contributed by atoms with Crippen molar-refractivity contribution in [2.75, 3.05) is 11.1 Å². The average Bonchev–Trinajstić information content (AvgIpc) is 2.56. The number of thioether (sulfide) groups is 1. The molecule has 0 bridgehead atoms. The molecule has 0 radical (unpaired) electrons. The summed E-state index contributed by atoms with van der Waals surface area (Å²) >= 11 is 7.27. The number of thiazole rings is 1. The Labute approximate surface area is 95.5 Å². The summed E-state index contributed by atoms with van der Waals surface area (Å²) in [7, 11) is 0. The number of rotatable bonds is 4. The Bertz CT molecular complexity index is 251. The smallest absolute Gasteiger partial charge is 0.149 e. The van der Waals surface area contributed by atoms with Crippen LogP contribution in [0.5, 0.6) is 0 Å². The molecule has 1 saturated carbocycles. The highest BCUT2D eigenvalue weighted by atomic mass is 79.9. The van der Waals surface area contributed by atoms with E-state index >= 15 is 0 Å². The lowest BCUT2D eigenvalue weighted by atomic mass is 9.72. The van der Waals surface area contributed by atoms with Crippen LogP contribution < -0.4 is 0 Å². The molecule has 0 aliphatic heterocycles. The molecular weight excluding hydrogens is 266 g/mol. The highest BCUT2D eigenvalue weighted by Crippen LogP contribution is 2.46. The van der Waals surface area contributed by atoms with Gasteiger partial charge >= 0.3 is 0 Å². The van der Waals surface area contributed by atoms with E-state index in [1.165, 1.54) is 29.4 Å². The van der Waals surface area contributed by atoms with Crippen molar-refractivity contribution in [3.8, 4) is 0 Å². The maximum Gasteiger partial charge on any atom is 0.149 e. The number of aromatic nitrogens is 1. The second-order valence-electron chi connectivity index (χ2n) is 3.57. The first-order chi connectivity index (χ1) is 6.35. The monoisotopic (exact) mass is 277 g/mol. The number of hydrogen-bond donors (Lipinski definition) is 0. The Kier molecular flexibility index (Phi) is 3.32. The molecule has 1 fully saturated rings. The SMILES string of the molecule is BrCC1(CSc2nccs2)CCC1. The molecule has 0 N–H and O–H groups in total. The van der Waals surface area contributed by atoms with Crippen LogP contribution in [0.4, 0.5) is 0 Å². The molecule has 1 aliphatic rings. The lowest BCUT2D eigenvalue weighted by molar-refractivity contribution is 0.206. The molecule has 2 rings (SSSR count). The second-order valence-corrected chi connectivity index (χ2v) is 6.25. The highest BCUT2D eigenvalue weighted by Gasteiger charge is 2.35. The van der Waals surface area contributed by atoms with E-state index in [0.29, 0.717) is 5.41 Å². The molecule has 72 valence electrons. The number of hydrogen-bond acceptors (Lipinski definition) is 3. The van der Waals surface area contributed by atoms with Gasteiger partial charge in [-0.05, 0) is 18.3 Å². The van der Waals surface area contributed by atoms with E-state index in [9.17, 15) is 0 Å². The fourth-order valence-electron chi connectivity index (χ4n) is 1.49. The van der Waals surface area contributed by atoms with Crippen LogP contribution in [-0.2, 0) is 0 Å². The minimum absolute atomic E-state index is 0.580. The van der Waals surface area contributed by atoms with Crippen molar-refractivity contribution < 1.29 is 0 Å². The van der Waals surface area contributed by atoms with Crippen LogP contribution >= 0.6 is 39.0 Å². The molecule has 1 nitrogen and oxygen atoms in total. The van der Waals surface area contributed by atoms with Gasteiger partial charge in [0, 0.05) is 22.7 Å². The van der Waals surface area contributed by atoms with Gasteiger partial charge in [-0.15, -0.1) is 11.3 Å². The van der Waals surface area contributed by atoms with Crippen LogP contribution in [0.1, 0.15) is 19.3 Å². The molecule has 0 aromatic carbocycles. The third kappa shape index (κ3) is 2.28. The van der Waals surface area contributed by atoms with Crippen LogP contribution in [0.25, 0.3) is 0 Å². The van der Waals surface area contributed by atoms with Crippen LogP contribution in [-0.4, -0.2) is 16.1 Å². The van der Waals surface area contributed by atoms with Crippen LogP contribution in [0.3, 0.4) is 0 Å². The van der Waals surface area contributed by atoms with Gasteiger partial charge in [-0.2, -0.15) is 0 Å². The average molecular weight is 278 g/mol. The van der Waals surface area contributed by atoms with Crippen molar-refractivity contribution in [3.05, 3.63) is 11.6 Å². The maximum atomic E-state index is 4.28. The van der Waals surface area contributed by atoms with Crippen molar-refractivity contribution >= 4 is 39.0 Å². The van der Waals surface area contributed by atoms with Gasteiger partial charge in [0.05, 0.1) is 0 Å². The normalized spacial score (nSPS) is 19.8. The summed E-state index contributed by atoms with van der Waals surface area (Å²) in [6, 6.07) is 0. The van der Waals surface area contributed by atoms with E-state index in [1.54, 1.807) is 11.3 Å². The van der Waals surface area contributed by atoms with Gasteiger partial charge in [-0.3, -0.25) is 0 Å². The van der Waals surface area contributed by atoms with Gasteiger partial charge in [-0.25, -0.2) is 4.98 Å². The zero-order valence-corrected chi connectivity index (χ0v) is 10.6. The van der Waals surface area contributed by atoms with Crippen molar-refractivity contribution in [2.24, 2.45) is 5.41 Å². The van der Waals surface area contributed by atoms with E-state index in [0.717, 1.165) is 5.33 Å². The summed E-state index contributed by atoms with van der Waals surface area (Å²) in [4.78, 5) is 4.28. The first kappa shape index (κ1) is 9.99. The summed E-state index contributed by atoms with van der Waals surface area (Å²) in [5.74, 6) is 1.23. The van der Waals surface area contributed by atoms with E-state index in [-0.39, 0.29) is 0 Å². The Hall–Kier alpha value is 0.460. The fourth-order valence-corrected chi connectivity index (χ4v) is 4.44. The number of alkyl halides is 1. The van der Waals surface area contributed by atoms with E-state index < -0.39 is 0 Å². The van der Waals surface area contributed by atoms with E-state index in [4.69, 9.17) is 0 Å². The summed E-state index contributed by atoms with van der Waals surface area (Å²) in [6.45, 7) is 0. The minimum Gasteiger partial charge on any atom is -0.238 e. The lowest BCUT2D eigenvalue weighted by Gasteiger charge is -2.40. The van der Waals surface area contributed by atoms with Crippen molar-refractivity contribution in [1.29, 1.82) is 0 Å². The van der Waals surface area contributed by atoms with Crippen molar-refractivity contribution in [1.82, 2.24) is 4.98 Å². The van der Waals surface area contributed by atoms with E-state index in [1.807, 2.05) is 23.3 Å². The Morgan fingerprint density at radius 1 is 1.62 bits per heavy atom. The van der Waals surface area contributed by atoms with Gasteiger partial charge < -0.3 is 0 Å². The molecule has 4 heteroatoms. The molecule has 0 amide bonds. The summed E-state index contributed by atoms with van der Waals surface area (Å²) in [5, 5.41) is 3.20. The molecule has 1 aliphatic carbocycles. The molecule has 0 atom stereocenters. The summed E-state index contributed by atoms with van der Waals surface area (Å²) in [5.41, 5.74) is 0.580. The third-order valence-electron chi connectivity index (χ3n) is 2.61. The predicted molar refractivity (Wildman–Crippen MR) is 62.9 cm³/mol. The summed E-state index contributed by atoms with van der Waals surface area (Å²) in [6.07, 6.45) is 6.06. The van der Waals surface area contributed by atoms with Crippen LogP contribution in [0, 0.1) is 5.41 Å². The quantitative estimate of drug-likeness (QED) is 0.613. The highest BCUT2D eigenvalue weighted by molar-refractivity contribution is 9.09. The maximum absolute atomic E-state index is 4.28. The van der Waals surface area contributed by atoms with Crippen molar-refractivity contribution in [2.45, 2.75) is 23.6 Å². The predicted octanol–water partition coefficient (Wildman–Crippen LogP) is 3.80. The zero-order chi connectivity index (χ0) is 9.15. The van der Waals surface area contributed by atoms with Gasteiger partial charge in [0.2, 0.25) is 0 Å². The zero-order valence-electron chi connectivity index (χ0n) is 7.33. The van der Waals surface area contributed by atoms with Crippen LogP contribution in [0.15, 0.2) is 15.9 Å². The first-order valence-corrected chi connectivity index (χ1v) is 7.42. The first-order valence-electron chi connectivity index (χ1n) is 4.43. The van der Waals surface area contributed by atoms with Crippen molar-refractivity contribution in [3.63, 3.8) is 0 Å². The molecule has 0 saturated heterocycles. The van der Waals surface area contributed by atoms with Gasteiger partial charge in [0.15, 0.2) is 0 Å². The molecular formula is C9H12BrNS2. The molecule has 0 unspecified atom stereocenters. The molecule has 1 heterocycles. The number of nitrogens with zero attached hydrogens (tertiary/aromatic N) is 1. The lowest BCUT2D eigenvalue weighted by Crippen LogP contribution is -2.33. The van der Waals surface area contributed by atoms with Gasteiger partial charge in [0.1, 0.15) is 4.34 Å². The molecule has 0 spiro atoms. The largest absolute Gasteiger partial charge is 0.238 e. The Morgan fingerprint density at radius 2 is 2.46 bits per heavy atom. The molecule has 13 heavy (non-hydrogen) atoms. The number of halogens is 1. The van der Waals surface area contributed by atoms with Crippen LogP contribution in [0.2, 0.25) is 0 Å². The minimum atomic E-state index is 0.580. The Morgan fingerprint density at radius 3 is 2.92 bits per heavy atom. The van der Waals surface area contributed by atoms with Gasteiger partial charge in [-0.1, -0.05) is 34.1 Å². The summed E-state index contributed by atoms with van der Waals surface area (Å²) < 4.78 is 1.22. The Balaban J connectivity index is 1.84. The third-order valence-corrected chi connectivity index (χ3v) is 6.11. The second kappa shape index (κ2) is 4.32. The van der Waals surface area contributed by atoms with E-state index in [2.05, 4.69) is 20.9 Å². The standard InChI is InChI=1S/C9H12BrNS2/c10-6-9(2-1-3-9)7-13-8-11-4-5-12-8/h4-5H,1-3,6-7H2. The van der Waals surface area contributed by atoms with Gasteiger partial charge in [0.25, 0.3) is 0 Å². The molecule has 1 aromatic heterocycles. The fraction of sp³-hybridized carbons (Fsp3) is 0.667. The molecule has 1 aromatic rings. The topological polar surface area (TPSA) is 12.9 Å².